The summed E-state index contributed by atoms with van der Waals surface area (Å²) < 4.78 is 5.44. The van der Waals surface area contributed by atoms with Gasteiger partial charge in [-0.15, -0.1) is 22.7 Å². The average Bonchev–Trinajstić information content (AvgIpc) is 3.76. The van der Waals surface area contributed by atoms with E-state index in [1.807, 2.05) is 22.7 Å². The SMILES string of the molecule is c1ccc(-c2cccc(-c3c4ccccc4c(-c4ccc5sc6c(ccc7c6ccc6c8ccccc8sc67)c5c4)c4ccccc34)c2)cc1. The average molecular weight is 669 g/mol. The van der Waals surface area contributed by atoms with Crippen molar-refractivity contribution in [2.75, 3.05) is 0 Å². The van der Waals surface area contributed by atoms with Crippen molar-refractivity contribution in [3.8, 4) is 33.4 Å². The summed E-state index contributed by atoms with van der Waals surface area (Å²) >= 11 is 3.83. The van der Waals surface area contributed by atoms with E-state index in [0.717, 1.165) is 0 Å². The molecule has 0 aliphatic rings. The number of rotatable bonds is 3. The Labute approximate surface area is 297 Å². The zero-order valence-electron chi connectivity index (χ0n) is 27.0. The van der Waals surface area contributed by atoms with Gasteiger partial charge in [-0.05, 0) is 79.2 Å². The summed E-state index contributed by atoms with van der Waals surface area (Å²) in [5.74, 6) is 0. The topological polar surface area (TPSA) is 0 Å². The highest BCUT2D eigenvalue weighted by Gasteiger charge is 2.19. The number of hydrogen-bond donors (Lipinski definition) is 0. The van der Waals surface area contributed by atoms with Gasteiger partial charge < -0.3 is 0 Å². The summed E-state index contributed by atoms with van der Waals surface area (Å²) in [6, 6.07) is 63.0. The van der Waals surface area contributed by atoms with Crippen molar-refractivity contribution in [1.82, 2.24) is 0 Å². The van der Waals surface area contributed by atoms with Crippen LogP contribution in [-0.4, -0.2) is 0 Å². The normalized spacial score (nSPS) is 12.0. The molecule has 0 nitrogen and oxygen atoms in total. The smallest absolute Gasteiger partial charge is 0.0434 e. The molecule has 9 aromatic carbocycles. The molecule has 232 valence electrons. The Hall–Kier alpha value is -5.80. The van der Waals surface area contributed by atoms with E-state index in [1.165, 1.54) is 106 Å². The minimum atomic E-state index is 1.23. The van der Waals surface area contributed by atoms with Crippen LogP contribution in [0.1, 0.15) is 0 Å². The molecule has 11 rings (SSSR count). The maximum absolute atomic E-state index is 2.45. The summed E-state index contributed by atoms with van der Waals surface area (Å²) in [7, 11) is 0. The molecule has 0 N–H and O–H groups in total. The molecule has 0 spiro atoms. The van der Waals surface area contributed by atoms with E-state index in [-0.39, 0.29) is 0 Å². The van der Waals surface area contributed by atoms with Gasteiger partial charge in [-0.2, -0.15) is 0 Å². The molecule has 0 bridgehead atoms. The second-order valence-electron chi connectivity index (χ2n) is 13.2. The Bertz CT molecular complexity index is 3080. The summed E-state index contributed by atoms with van der Waals surface area (Å²) in [5.41, 5.74) is 7.55. The number of thiophene rings is 2. The van der Waals surface area contributed by atoms with Gasteiger partial charge in [0.1, 0.15) is 0 Å². The minimum Gasteiger partial charge on any atom is -0.135 e. The first-order chi connectivity index (χ1) is 24.8. The third kappa shape index (κ3) is 4.10. The van der Waals surface area contributed by atoms with E-state index in [4.69, 9.17) is 0 Å². The van der Waals surface area contributed by atoms with Crippen molar-refractivity contribution in [3.63, 3.8) is 0 Å². The molecule has 2 heteroatoms. The van der Waals surface area contributed by atoms with Crippen molar-refractivity contribution in [1.29, 1.82) is 0 Å². The highest BCUT2D eigenvalue weighted by atomic mass is 32.1. The minimum absolute atomic E-state index is 1.23. The van der Waals surface area contributed by atoms with Crippen LogP contribution >= 0.6 is 22.7 Å². The maximum Gasteiger partial charge on any atom is 0.0434 e. The van der Waals surface area contributed by atoms with E-state index in [9.17, 15) is 0 Å². The van der Waals surface area contributed by atoms with Gasteiger partial charge in [-0.3, -0.25) is 0 Å². The summed E-state index contributed by atoms with van der Waals surface area (Å²) in [6.45, 7) is 0. The van der Waals surface area contributed by atoms with Gasteiger partial charge in [0.05, 0.1) is 0 Å². The first-order valence-corrected chi connectivity index (χ1v) is 18.7. The Morgan fingerprint density at radius 3 is 1.30 bits per heavy atom. The van der Waals surface area contributed by atoms with Crippen LogP contribution < -0.4 is 0 Å². The largest absolute Gasteiger partial charge is 0.135 e. The molecule has 0 aliphatic carbocycles. The van der Waals surface area contributed by atoms with Gasteiger partial charge >= 0.3 is 0 Å². The van der Waals surface area contributed by atoms with Crippen LogP contribution in [0.5, 0.6) is 0 Å². The molecule has 0 fully saturated rings. The monoisotopic (exact) mass is 668 g/mol. The van der Waals surface area contributed by atoms with E-state index >= 15 is 0 Å². The molecule has 0 atom stereocenters. The molecular formula is C48H28S2. The van der Waals surface area contributed by atoms with Gasteiger partial charge in [0, 0.05) is 51.1 Å². The maximum atomic E-state index is 2.45. The van der Waals surface area contributed by atoms with E-state index in [1.54, 1.807) is 0 Å². The van der Waals surface area contributed by atoms with Crippen molar-refractivity contribution < 1.29 is 0 Å². The molecule has 11 aromatic rings. The fourth-order valence-electron chi connectivity index (χ4n) is 8.21. The molecule has 0 radical (unpaired) electrons. The lowest BCUT2D eigenvalue weighted by atomic mass is 9.85. The van der Waals surface area contributed by atoms with Gasteiger partial charge in [-0.1, -0.05) is 146 Å². The van der Waals surface area contributed by atoms with Crippen LogP contribution in [0.3, 0.4) is 0 Å². The summed E-state index contributed by atoms with van der Waals surface area (Å²) in [6.07, 6.45) is 0. The predicted octanol–water partition coefficient (Wildman–Crippen LogP) is 14.9. The molecule has 0 saturated carbocycles. The molecule has 0 amide bonds. The number of fused-ring (bicyclic) bond motifs is 11. The quantitative estimate of drug-likeness (QED) is 0.164. The molecule has 2 heterocycles. The van der Waals surface area contributed by atoms with Crippen LogP contribution in [0.4, 0.5) is 0 Å². The zero-order chi connectivity index (χ0) is 32.8. The van der Waals surface area contributed by atoms with Crippen molar-refractivity contribution in [2.24, 2.45) is 0 Å². The number of hydrogen-bond acceptors (Lipinski definition) is 2. The lowest BCUT2D eigenvalue weighted by Gasteiger charge is -2.18. The van der Waals surface area contributed by atoms with Crippen LogP contribution in [0.25, 0.3) is 106 Å². The molecular weight excluding hydrogens is 641 g/mol. The lowest BCUT2D eigenvalue weighted by molar-refractivity contribution is 1.61. The Balaban J connectivity index is 1.15. The van der Waals surface area contributed by atoms with Gasteiger partial charge in [-0.25, -0.2) is 0 Å². The first-order valence-electron chi connectivity index (χ1n) is 17.1. The molecule has 0 aliphatic heterocycles. The van der Waals surface area contributed by atoms with Crippen molar-refractivity contribution in [2.45, 2.75) is 0 Å². The van der Waals surface area contributed by atoms with Crippen LogP contribution in [0, 0.1) is 0 Å². The molecule has 50 heavy (non-hydrogen) atoms. The first kappa shape index (κ1) is 28.1. The predicted molar refractivity (Wildman–Crippen MR) is 221 cm³/mol. The van der Waals surface area contributed by atoms with Gasteiger partial charge in [0.25, 0.3) is 0 Å². The third-order valence-electron chi connectivity index (χ3n) is 10.5. The zero-order valence-corrected chi connectivity index (χ0v) is 28.6. The van der Waals surface area contributed by atoms with E-state index < -0.39 is 0 Å². The highest BCUT2D eigenvalue weighted by molar-refractivity contribution is 7.28. The fraction of sp³-hybridized carbons (Fsp3) is 0. The fourth-order valence-corrected chi connectivity index (χ4v) is 10.7. The summed E-state index contributed by atoms with van der Waals surface area (Å²) in [4.78, 5) is 0. The van der Waals surface area contributed by atoms with Gasteiger partial charge in [0.2, 0.25) is 0 Å². The van der Waals surface area contributed by atoms with Crippen molar-refractivity contribution >= 4 is 95.3 Å². The standard InChI is InChI=1S/C48H28S2/c1-2-11-29(12-3-1)30-13-10-14-31(27-30)45-34-16-4-6-18-36(34)46(37-19-7-5-17-35(37)45)32-21-26-44-42(28-32)41-25-24-39-40(48(41)50-44)23-22-38-33-15-8-9-20-43(33)49-47(38)39/h1-28H. The Morgan fingerprint density at radius 1 is 0.240 bits per heavy atom. The van der Waals surface area contributed by atoms with Crippen LogP contribution in [-0.2, 0) is 0 Å². The Morgan fingerprint density at radius 2 is 0.680 bits per heavy atom. The third-order valence-corrected chi connectivity index (χ3v) is 12.9. The number of benzene rings is 9. The second-order valence-corrected chi connectivity index (χ2v) is 15.3. The van der Waals surface area contributed by atoms with Gasteiger partial charge in [0.15, 0.2) is 0 Å². The lowest BCUT2D eigenvalue weighted by Crippen LogP contribution is -1.91. The van der Waals surface area contributed by atoms with Crippen molar-refractivity contribution in [3.05, 3.63) is 170 Å². The molecule has 0 saturated heterocycles. The Kier molecular flexibility index (Phi) is 6.09. The molecule has 2 aromatic heterocycles. The molecule has 0 unspecified atom stereocenters. The second kappa shape index (κ2) is 10.9. The van der Waals surface area contributed by atoms with E-state index in [0.29, 0.717) is 0 Å². The van der Waals surface area contributed by atoms with E-state index in [2.05, 4.69) is 170 Å². The van der Waals surface area contributed by atoms with Crippen LogP contribution in [0.15, 0.2) is 170 Å². The van der Waals surface area contributed by atoms with Crippen LogP contribution in [0.2, 0.25) is 0 Å². The highest BCUT2D eigenvalue weighted by Crippen LogP contribution is 2.47. The summed E-state index contributed by atoms with van der Waals surface area (Å²) in [5, 5.41) is 13.2.